The van der Waals surface area contributed by atoms with E-state index in [0.717, 1.165) is 10.8 Å². The van der Waals surface area contributed by atoms with E-state index in [-0.39, 0.29) is 0 Å². The highest BCUT2D eigenvalue weighted by atomic mass is 127. The van der Waals surface area contributed by atoms with E-state index in [1.807, 2.05) is 6.07 Å². The lowest BCUT2D eigenvalue weighted by molar-refractivity contribution is 1.24. The second-order valence-corrected chi connectivity index (χ2v) is 5.24. The molecule has 0 saturated heterocycles. The predicted octanol–water partition coefficient (Wildman–Crippen LogP) is 3.55. The van der Waals surface area contributed by atoms with Gasteiger partial charge in [0, 0.05) is 3.57 Å². The van der Waals surface area contributed by atoms with Gasteiger partial charge in [-0.05, 0) is 73.8 Å². The van der Waals surface area contributed by atoms with E-state index < -0.39 is 0 Å². The molecule has 0 radical (unpaired) electrons. The molecule has 1 aromatic rings. The summed E-state index contributed by atoms with van der Waals surface area (Å²) in [7, 11) is 0. The van der Waals surface area contributed by atoms with Crippen molar-refractivity contribution >= 4 is 79.4 Å². The van der Waals surface area contributed by atoms with Gasteiger partial charge in [-0.2, -0.15) is 0 Å². The molecule has 54 valence electrons. The summed E-state index contributed by atoms with van der Waals surface area (Å²) in [5, 5.41) is 0.594. The van der Waals surface area contributed by atoms with Gasteiger partial charge in [0.15, 0.2) is 0 Å². The zero-order chi connectivity index (χ0) is 7.72. The molecule has 0 fully saturated rings. The maximum Gasteiger partial charge on any atom is 0.144 e. The lowest BCUT2D eigenvalue weighted by Gasteiger charge is -1.97. The van der Waals surface area contributed by atoms with E-state index in [1.165, 1.54) is 0 Å². The van der Waals surface area contributed by atoms with Crippen LogP contribution in [0.5, 0.6) is 0 Å². The molecular formula is C5HClI3N. The highest BCUT2D eigenvalue weighted by Gasteiger charge is 2.03. The molecule has 1 heterocycles. The molecule has 0 spiro atoms. The first-order valence-electron chi connectivity index (χ1n) is 2.28. The second kappa shape index (κ2) is 4.04. The first kappa shape index (κ1) is 9.72. The highest BCUT2D eigenvalue weighted by molar-refractivity contribution is 14.1. The third kappa shape index (κ3) is 2.31. The van der Waals surface area contributed by atoms with Crippen LogP contribution >= 0.6 is 79.4 Å². The summed E-state index contributed by atoms with van der Waals surface area (Å²) in [6.07, 6.45) is 0. The third-order valence-corrected chi connectivity index (χ3v) is 4.96. The molecule has 1 nitrogen and oxygen atoms in total. The Hall–Kier alpha value is 1.63. The molecule has 0 atom stereocenters. The number of pyridine rings is 1. The first-order chi connectivity index (χ1) is 4.61. The molecule has 0 unspecified atom stereocenters. The van der Waals surface area contributed by atoms with Crippen molar-refractivity contribution in [2.24, 2.45) is 0 Å². The van der Waals surface area contributed by atoms with Crippen LogP contribution in [0.1, 0.15) is 0 Å². The van der Waals surface area contributed by atoms with E-state index in [4.69, 9.17) is 11.6 Å². The minimum absolute atomic E-state index is 0.594. The van der Waals surface area contributed by atoms with Crippen molar-refractivity contribution in [3.05, 3.63) is 22.1 Å². The molecule has 0 aliphatic carbocycles. The Morgan fingerprint density at radius 3 is 2.40 bits per heavy atom. The van der Waals surface area contributed by atoms with Crippen molar-refractivity contribution < 1.29 is 0 Å². The fourth-order valence-corrected chi connectivity index (χ4v) is 2.91. The minimum Gasteiger partial charge on any atom is -0.229 e. The smallest absolute Gasteiger partial charge is 0.144 e. The monoisotopic (exact) mass is 491 g/mol. The van der Waals surface area contributed by atoms with E-state index >= 15 is 0 Å². The topological polar surface area (TPSA) is 12.9 Å². The molecule has 0 saturated carbocycles. The number of nitrogens with zero attached hydrogens (tertiary/aromatic N) is 1. The number of aromatic nitrogens is 1. The first-order valence-corrected chi connectivity index (χ1v) is 5.89. The van der Waals surface area contributed by atoms with Crippen molar-refractivity contribution in [3.63, 3.8) is 0 Å². The van der Waals surface area contributed by atoms with Gasteiger partial charge in [0.2, 0.25) is 0 Å². The Balaban J connectivity index is 3.31. The number of rotatable bonds is 0. The van der Waals surface area contributed by atoms with E-state index in [9.17, 15) is 0 Å². The van der Waals surface area contributed by atoms with Crippen LogP contribution in [0, 0.1) is 10.8 Å². The van der Waals surface area contributed by atoms with Crippen molar-refractivity contribution in [3.8, 4) is 0 Å². The molecule has 0 bridgehead atoms. The van der Waals surface area contributed by atoms with Crippen LogP contribution in [0.2, 0.25) is 5.15 Å². The van der Waals surface area contributed by atoms with Gasteiger partial charge >= 0.3 is 0 Å². The Kier molecular flexibility index (Phi) is 3.92. The standard InChI is InChI=1S/C5HClI3N/c6-5-4(9)2(7)1-3(8)10-5/h1H. The third-order valence-electron chi connectivity index (χ3n) is 0.842. The molecule has 0 amide bonds. The van der Waals surface area contributed by atoms with Crippen LogP contribution in [0.3, 0.4) is 0 Å². The van der Waals surface area contributed by atoms with Crippen LogP contribution in [-0.4, -0.2) is 4.98 Å². The molecule has 0 aliphatic rings. The van der Waals surface area contributed by atoms with Crippen LogP contribution in [-0.2, 0) is 0 Å². The Morgan fingerprint density at radius 1 is 1.30 bits per heavy atom. The summed E-state index contributed by atoms with van der Waals surface area (Å²) in [6, 6.07) is 1.99. The van der Waals surface area contributed by atoms with Crippen LogP contribution in [0.4, 0.5) is 0 Å². The Labute approximate surface area is 105 Å². The molecule has 0 aliphatic heterocycles. The van der Waals surface area contributed by atoms with Crippen LogP contribution in [0.25, 0.3) is 0 Å². The highest BCUT2D eigenvalue weighted by Crippen LogP contribution is 2.23. The van der Waals surface area contributed by atoms with Gasteiger partial charge in [-0.15, -0.1) is 0 Å². The van der Waals surface area contributed by atoms with Crippen molar-refractivity contribution in [2.75, 3.05) is 0 Å². The number of hydrogen-bond acceptors (Lipinski definition) is 1. The summed E-state index contributed by atoms with van der Waals surface area (Å²) in [4.78, 5) is 4.07. The number of hydrogen-bond donors (Lipinski definition) is 0. The average molecular weight is 491 g/mol. The van der Waals surface area contributed by atoms with Gasteiger partial charge in [-0.25, -0.2) is 4.98 Å². The predicted molar refractivity (Wildman–Crippen MR) is 67.4 cm³/mol. The fraction of sp³-hybridized carbons (Fsp3) is 0. The summed E-state index contributed by atoms with van der Waals surface area (Å²) in [5.41, 5.74) is 0. The van der Waals surface area contributed by atoms with Gasteiger partial charge in [0.1, 0.15) is 8.85 Å². The fourth-order valence-electron chi connectivity index (χ4n) is 0.442. The van der Waals surface area contributed by atoms with E-state index in [1.54, 1.807) is 0 Å². The van der Waals surface area contributed by atoms with Gasteiger partial charge in [0.05, 0.1) is 3.57 Å². The molecule has 5 heteroatoms. The van der Waals surface area contributed by atoms with Crippen LogP contribution < -0.4 is 0 Å². The summed E-state index contributed by atoms with van der Waals surface area (Å²) in [5.74, 6) is 0. The zero-order valence-electron chi connectivity index (χ0n) is 4.54. The van der Waals surface area contributed by atoms with Crippen molar-refractivity contribution in [2.45, 2.75) is 0 Å². The zero-order valence-corrected chi connectivity index (χ0v) is 11.8. The molecule has 1 rings (SSSR count). The average Bonchev–Trinajstić information content (AvgIpc) is 1.82. The Bertz CT molecular complexity index is 240. The minimum atomic E-state index is 0.594. The van der Waals surface area contributed by atoms with Crippen molar-refractivity contribution in [1.82, 2.24) is 4.98 Å². The van der Waals surface area contributed by atoms with Crippen LogP contribution in [0.15, 0.2) is 6.07 Å². The largest absolute Gasteiger partial charge is 0.229 e. The normalized spacial score (nSPS) is 10.0. The maximum absolute atomic E-state index is 5.79. The molecule has 0 N–H and O–H groups in total. The lowest BCUT2D eigenvalue weighted by atomic mass is 10.5. The molecular weight excluding hydrogens is 490 g/mol. The second-order valence-electron chi connectivity index (χ2n) is 1.53. The van der Waals surface area contributed by atoms with Crippen molar-refractivity contribution in [1.29, 1.82) is 0 Å². The molecule has 0 aromatic carbocycles. The molecule has 1 aromatic heterocycles. The van der Waals surface area contributed by atoms with Gasteiger partial charge < -0.3 is 0 Å². The van der Waals surface area contributed by atoms with Gasteiger partial charge in [-0.3, -0.25) is 0 Å². The SMILES string of the molecule is Clc1nc(I)cc(I)c1I. The summed E-state index contributed by atoms with van der Waals surface area (Å²) in [6.45, 7) is 0. The van der Waals surface area contributed by atoms with E-state index in [2.05, 4.69) is 72.8 Å². The summed E-state index contributed by atoms with van der Waals surface area (Å²) < 4.78 is 3.12. The number of halogens is 4. The lowest BCUT2D eigenvalue weighted by Crippen LogP contribution is -1.88. The van der Waals surface area contributed by atoms with Gasteiger partial charge in [0.25, 0.3) is 0 Å². The molecule has 10 heavy (non-hydrogen) atoms. The van der Waals surface area contributed by atoms with Gasteiger partial charge in [-0.1, -0.05) is 11.6 Å². The Morgan fingerprint density at radius 2 is 1.90 bits per heavy atom. The maximum atomic E-state index is 5.79. The quantitative estimate of drug-likeness (QED) is 0.400. The van der Waals surface area contributed by atoms with E-state index in [0.29, 0.717) is 5.15 Å². The summed E-state index contributed by atoms with van der Waals surface area (Å²) >= 11 is 12.4.